The van der Waals surface area contributed by atoms with Gasteiger partial charge in [0.25, 0.3) is 0 Å². The number of unbranched alkanes of at least 4 members (excludes halogenated alkanes) is 2. The van der Waals surface area contributed by atoms with E-state index < -0.39 is 24.1 Å². The highest BCUT2D eigenvalue weighted by atomic mass is 19.3. The van der Waals surface area contributed by atoms with Gasteiger partial charge >= 0.3 is 12.1 Å². The molecule has 3 aliphatic rings. The van der Waals surface area contributed by atoms with Gasteiger partial charge < -0.3 is 14.6 Å². The Morgan fingerprint density at radius 1 is 1.05 bits per heavy atom. The Morgan fingerprint density at radius 2 is 1.69 bits per heavy atom. The van der Waals surface area contributed by atoms with Gasteiger partial charge in [-0.05, 0) is 88.0 Å². The Labute approximate surface area is 235 Å². The summed E-state index contributed by atoms with van der Waals surface area (Å²) in [5, 5.41) is 9.86. The Balaban J connectivity index is 1.52. The van der Waals surface area contributed by atoms with Gasteiger partial charge in [-0.25, -0.2) is 4.79 Å². The van der Waals surface area contributed by atoms with Gasteiger partial charge in [-0.2, -0.15) is 8.78 Å². The highest BCUT2D eigenvalue weighted by molar-refractivity contribution is 5.86. The van der Waals surface area contributed by atoms with Gasteiger partial charge in [0.2, 0.25) is 0 Å². The van der Waals surface area contributed by atoms with E-state index in [1.807, 2.05) is 6.92 Å². The summed E-state index contributed by atoms with van der Waals surface area (Å²) in [4.78, 5) is 11.8. The summed E-state index contributed by atoms with van der Waals surface area (Å²) in [6.07, 6.45) is 13.2. The summed E-state index contributed by atoms with van der Waals surface area (Å²) in [5.74, 6) is 1.40. The largest absolute Gasteiger partial charge is 0.462 e. The number of allylic oxidation sites excluding steroid dienone is 2. The van der Waals surface area contributed by atoms with Crippen LogP contribution in [0, 0.1) is 23.7 Å². The number of carbonyl (C=O) groups is 1. The van der Waals surface area contributed by atoms with Crippen molar-refractivity contribution >= 4 is 5.97 Å². The molecule has 39 heavy (non-hydrogen) atoms. The van der Waals surface area contributed by atoms with Crippen molar-refractivity contribution in [2.45, 2.75) is 129 Å². The first-order valence-electron chi connectivity index (χ1n) is 15.6. The highest BCUT2D eigenvalue weighted by Gasteiger charge is 2.42. The van der Waals surface area contributed by atoms with Crippen molar-refractivity contribution in [1.29, 1.82) is 0 Å². The number of aliphatic hydroxyl groups excluding tert-OH is 1. The zero-order valence-electron chi connectivity index (χ0n) is 24.6. The molecule has 0 aromatic rings. The first-order chi connectivity index (χ1) is 18.7. The zero-order valence-corrected chi connectivity index (χ0v) is 24.6. The Bertz CT molecular complexity index is 861. The fourth-order valence-corrected chi connectivity index (χ4v) is 6.95. The molecule has 3 rings (SSSR count). The molecular weight excluding hydrogens is 498 g/mol. The van der Waals surface area contributed by atoms with Gasteiger partial charge in [-0.1, -0.05) is 70.6 Å². The molecule has 0 amide bonds. The number of hydrogen-bond donors (Lipinski definition) is 1. The van der Waals surface area contributed by atoms with Gasteiger partial charge in [0, 0.05) is 17.1 Å². The van der Waals surface area contributed by atoms with Crippen LogP contribution in [0.5, 0.6) is 0 Å². The van der Waals surface area contributed by atoms with Crippen LogP contribution in [-0.4, -0.2) is 36.5 Å². The standard InChI is InChI=1S/C33H52F2O4/c1-5-7-8-9-24-10-12-26(13-11-24)27-14-17-30(18-15-27)39-33(34,35)31-19-16-28(20-25(31)6-2)29(21-36)22-38-32(37)23(3)4/h20,24,26-27,29-30,36H,3,5-19,21-22H2,1-2,4H3. The molecule has 0 spiro atoms. The monoisotopic (exact) mass is 550 g/mol. The van der Waals surface area contributed by atoms with Gasteiger partial charge in [0.1, 0.15) is 6.61 Å². The molecule has 1 atom stereocenters. The second-order valence-corrected chi connectivity index (χ2v) is 12.3. The van der Waals surface area contributed by atoms with Crippen LogP contribution in [0.4, 0.5) is 8.78 Å². The molecule has 0 heterocycles. The summed E-state index contributed by atoms with van der Waals surface area (Å²) in [7, 11) is 0. The number of ether oxygens (including phenoxy) is 2. The van der Waals surface area contributed by atoms with E-state index in [0.717, 1.165) is 30.3 Å². The SMILES string of the molecule is C=C(C)C(=O)OCC(CO)C1=CC(CC)=C(C(F)(F)OC2CCC(C3CCC(CCCCC)CC3)CC2)CC1. The van der Waals surface area contributed by atoms with E-state index in [-0.39, 0.29) is 30.8 Å². The quantitative estimate of drug-likeness (QED) is 0.134. The molecule has 1 unspecified atom stereocenters. The van der Waals surface area contributed by atoms with Crippen LogP contribution in [0.25, 0.3) is 0 Å². The minimum absolute atomic E-state index is 0.0109. The third kappa shape index (κ3) is 9.24. The van der Waals surface area contributed by atoms with Gasteiger partial charge in [-0.3, -0.25) is 0 Å². The average Bonchev–Trinajstić information content (AvgIpc) is 2.93. The lowest BCUT2D eigenvalue weighted by molar-refractivity contribution is -0.244. The van der Waals surface area contributed by atoms with Crippen molar-refractivity contribution in [1.82, 2.24) is 0 Å². The molecular formula is C33H52F2O4. The van der Waals surface area contributed by atoms with Crippen LogP contribution in [0.2, 0.25) is 0 Å². The second-order valence-electron chi connectivity index (χ2n) is 12.3. The summed E-state index contributed by atoms with van der Waals surface area (Å²) >= 11 is 0. The Hall–Kier alpha value is -1.53. The van der Waals surface area contributed by atoms with E-state index in [1.165, 1.54) is 51.4 Å². The molecule has 0 radical (unpaired) electrons. The fraction of sp³-hybridized carbons (Fsp3) is 0.788. The number of hydrogen-bond acceptors (Lipinski definition) is 4. The smallest absolute Gasteiger partial charge is 0.380 e. The van der Waals surface area contributed by atoms with E-state index in [9.17, 15) is 9.90 Å². The van der Waals surface area contributed by atoms with Crippen LogP contribution < -0.4 is 0 Å². The molecule has 0 saturated heterocycles. The van der Waals surface area contributed by atoms with Crippen molar-refractivity contribution in [3.63, 3.8) is 0 Å². The number of aliphatic hydroxyl groups is 1. The zero-order chi connectivity index (χ0) is 28.4. The molecule has 4 nitrogen and oxygen atoms in total. The predicted molar refractivity (Wildman–Crippen MR) is 152 cm³/mol. The van der Waals surface area contributed by atoms with E-state index in [2.05, 4.69) is 13.5 Å². The van der Waals surface area contributed by atoms with Crippen LogP contribution in [0.15, 0.2) is 34.9 Å². The van der Waals surface area contributed by atoms with Crippen LogP contribution in [0.1, 0.15) is 117 Å². The fourth-order valence-electron chi connectivity index (χ4n) is 6.95. The summed E-state index contributed by atoms with van der Waals surface area (Å²) in [6, 6.07) is 0. The molecule has 2 fully saturated rings. The van der Waals surface area contributed by atoms with Gasteiger partial charge in [0.15, 0.2) is 0 Å². The third-order valence-corrected chi connectivity index (χ3v) is 9.46. The minimum atomic E-state index is -3.29. The summed E-state index contributed by atoms with van der Waals surface area (Å²) in [5.41, 5.74) is 1.75. The van der Waals surface area contributed by atoms with Crippen LogP contribution >= 0.6 is 0 Å². The maximum absolute atomic E-state index is 15.5. The van der Waals surface area contributed by atoms with E-state index in [1.54, 1.807) is 13.0 Å². The molecule has 0 aliphatic heterocycles. The molecule has 222 valence electrons. The Kier molecular flexibility index (Phi) is 12.7. The first kappa shape index (κ1) is 32.0. The first-order valence-corrected chi connectivity index (χ1v) is 15.6. The number of carbonyl (C=O) groups excluding carboxylic acids is 1. The molecule has 0 aromatic carbocycles. The number of esters is 1. The number of alkyl halides is 2. The molecule has 6 heteroatoms. The third-order valence-electron chi connectivity index (χ3n) is 9.46. The van der Waals surface area contributed by atoms with Crippen LogP contribution in [0.3, 0.4) is 0 Å². The maximum Gasteiger partial charge on any atom is 0.380 e. The van der Waals surface area contributed by atoms with Crippen molar-refractivity contribution in [3.8, 4) is 0 Å². The lowest BCUT2D eigenvalue weighted by Crippen LogP contribution is -2.35. The van der Waals surface area contributed by atoms with Crippen molar-refractivity contribution in [2.24, 2.45) is 23.7 Å². The maximum atomic E-state index is 15.5. The van der Waals surface area contributed by atoms with Gasteiger partial charge in [-0.15, -0.1) is 0 Å². The molecule has 0 aromatic heterocycles. The average molecular weight is 551 g/mol. The normalized spacial score (nSPS) is 27.2. The topological polar surface area (TPSA) is 55.8 Å². The molecule has 3 aliphatic carbocycles. The number of rotatable bonds is 14. The predicted octanol–water partition coefficient (Wildman–Crippen LogP) is 8.70. The van der Waals surface area contributed by atoms with E-state index >= 15 is 8.78 Å². The number of halogens is 2. The highest BCUT2D eigenvalue weighted by Crippen LogP contribution is 2.44. The van der Waals surface area contributed by atoms with Crippen molar-refractivity contribution < 1.29 is 28.2 Å². The van der Waals surface area contributed by atoms with Gasteiger partial charge in [0.05, 0.1) is 12.7 Å². The van der Waals surface area contributed by atoms with E-state index in [0.29, 0.717) is 37.2 Å². The minimum Gasteiger partial charge on any atom is -0.462 e. The molecule has 1 N–H and O–H groups in total. The second kappa shape index (κ2) is 15.5. The van der Waals surface area contributed by atoms with Crippen LogP contribution in [-0.2, 0) is 14.3 Å². The van der Waals surface area contributed by atoms with Crippen molar-refractivity contribution in [2.75, 3.05) is 13.2 Å². The van der Waals surface area contributed by atoms with Crippen molar-refractivity contribution in [3.05, 3.63) is 34.9 Å². The summed E-state index contributed by atoms with van der Waals surface area (Å²) < 4.78 is 41.7. The Morgan fingerprint density at radius 3 is 2.26 bits per heavy atom. The molecule has 2 saturated carbocycles. The lowest BCUT2D eigenvalue weighted by atomic mass is 9.70. The summed E-state index contributed by atoms with van der Waals surface area (Å²) in [6.45, 7) is 9.06. The lowest BCUT2D eigenvalue weighted by Gasteiger charge is -2.39. The molecule has 0 bridgehead atoms. The van der Waals surface area contributed by atoms with E-state index in [4.69, 9.17) is 9.47 Å².